The van der Waals surface area contributed by atoms with Crippen molar-refractivity contribution in [1.82, 2.24) is 5.32 Å². The highest BCUT2D eigenvalue weighted by molar-refractivity contribution is 5.81. The minimum atomic E-state index is -0.245. The lowest BCUT2D eigenvalue weighted by Gasteiger charge is -2.31. The number of nitrogens with one attached hydrogen (secondary N) is 1. The van der Waals surface area contributed by atoms with E-state index in [1.807, 2.05) is 6.92 Å². The average molecular weight is 269 g/mol. The summed E-state index contributed by atoms with van der Waals surface area (Å²) < 4.78 is 11.4. The van der Waals surface area contributed by atoms with Gasteiger partial charge in [0, 0.05) is 19.1 Å². The van der Waals surface area contributed by atoms with Crippen LogP contribution in [0.15, 0.2) is 0 Å². The third-order valence-electron chi connectivity index (χ3n) is 4.13. The van der Waals surface area contributed by atoms with E-state index < -0.39 is 0 Å². The zero-order valence-corrected chi connectivity index (χ0v) is 12.6. The molecule has 4 nitrogen and oxygen atoms in total. The number of hydrogen-bond acceptors (Lipinski definition) is 3. The van der Waals surface area contributed by atoms with Crippen LogP contribution in [0, 0.1) is 11.3 Å². The van der Waals surface area contributed by atoms with Crippen LogP contribution in [0.2, 0.25) is 0 Å². The van der Waals surface area contributed by atoms with Gasteiger partial charge < -0.3 is 14.8 Å². The molecule has 2 rings (SSSR count). The van der Waals surface area contributed by atoms with Gasteiger partial charge in [-0.25, -0.2) is 0 Å². The van der Waals surface area contributed by atoms with Gasteiger partial charge in [0.15, 0.2) is 0 Å². The van der Waals surface area contributed by atoms with Crippen molar-refractivity contribution < 1.29 is 14.3 Å². The molecule has 2 saturated heterocycles. The summed E-state index contributed by atoms with van der Waals surface area (Å²) in [6, 6.07) is 0. The number of ether oxygens (including phenoxy) is 2. The third kappa shape index (κ3) is 3.69. The standard InChI is InChI=1S/C15H27NO3/c1-10-5-6-12(19-10)14(17)16-9-11-7-8-18-13(11)15(2,3)4/h10-13H,5-9H2,1-4H3,(H,16,17)/t10-,11+,12+,13-/m0/s1. The second-order valence-corrected chi connectivity index (χ2v) is 6.96. The van der Waals surface area contributed by atoms with Crippen LogP contribution in [-0.4, -0.2) is 37.4 Å². The Labute approximate surface area is 116 Å². The van der Waals surface area contributed by atoms with E-state index in [1.165, 1.54) is 0 Å². The van der Waals surface area contributed by atoms with Crippen LogP contribution in [0.3, 0.4) is 0 Å². The Hall–Kier alpha value is -0.610. The predicted molar refractivity (Wildman–Crippen MR) is 73.9 cm³/mol. The molecule has 2 fully saturated rings. The number of amides is 1. The molecule has 0 aromatic carbocycles. The number of carbonyl (C=O) groups is 1. The first-order chi connectivity index (χ1) is 8.88. The number of hydrogen-bond donors (Lipinski definition) is 1. The summed E-state index contributed by atoms with van der Waals surface area (Å²) in [6.07, 6.45) is 3.06. The predicted octanol–water partition coefficient (Wildman–Crippen LogP) is 2.12. The largest absolute Gasteiger partial charge is 0.377 e. The van der Waals surface area contributed by atoms with Crippen molar-refractivity contribution in [3.8, 4) is 0 Å². The van der Waals surface area contributed by atoms with Crippen LogP contribution in [0.1, 0.15) is 47.0 Å². The second kappa shape index (κ2) is 5.80. The lowest BCUT2D eigenvalue weighted by molar-refractivity contribution is -0.132. The number of carbonyl (C=O) groups excluding carboxylic acids is 1. The SMILES string of the molecule is C[C@H]1CC[C@H](C(=O)NC[C@H]2CCO[C@@H]2C(C)(C)C)O1. The van der Waals surface area contributed by atoms with Gasteiger partial charge in [0.25, 0.3) is 0 Å². The van der Waals surface area contributed by atoms with E-state index in [9.17, 15) is 4.79 Å². The molecule has 0 aliphatic carbocycles. The maximum absolute atomic E-state index is 12.0. The van der Waals surface area contributed by atoms with Gasteiger partial charge in [-0.2, -0.15) is 0 Å². The van der Waals surface area contributed by atoms with Gasteiger partial charge in [-0.05, 0) is 31.6 Å². The molecule has 0 radical (unpaired) electrons. The van der Waals surface area contributed by atoms with Crippen LogP contribution >= 0.6 is 0 Å². The van der Waals surface area contributed by atoms with Gasteiger partial charge in [0.05, 0.1) is 12.2 Å². The molecule has 0 unspecified atom stereocenters. The molecule has 0 bridgehead atoms. The van der Waals surface area contributed by atoms with E-state index in [2.05, 4.69) is 26.1 Å². The highest BCUT2D eigenvalue weighted by Gasteiger charge is 2.37. The molecule has 1 amide bonds. The summed E-state index contributed by atoms with van der Waals surface area (Å²) in [5.74, 6) is 0.465. The topological polar surface area (TPSA) is 47.6 Å². The first kappa shape index (κ1) is 14.8. The molecular weight excluding hydrogens is 242 g/mol. The molecule has 4 heteroatoms. The van der Waals surface area contributed by atoms with Crippen LogP contribution in [0.25, 0.3) is 0 Å². The monoisotopic (exact) mass is 269 g/mol. The molecule has 1 N–H and O–H groups in total. The van der Waals surface area contributed by atoms with Crippen molar-refractivity contribution in [1.29, 1.82) is 0 Å². The first-order valence-electron chi connectivity index (χ1n) is 7.42. The molecule has 0 saturated carbocycles. The molecule has 19 heavy (non-hydrogen) atoms. The summed E-state index contributed by atoms with van der Waals surface area (Å²) in [4.78, 5) is 12.0. The first-order valence-corrected chi connectivity index (χ1v) is 7.42. The van der Waals surface area contributed by atoms with Crippen molar-refractivity contribution in [2.75, 3.05) is 13.2 Å². The Morgan fingerprint density at radius 1 is 1.26 bits per heavy atom. The van der Waals surface area contributed by atoms with Gasteiger partial charge in [0.2, 0.25) is 5.91 Å². The Kier molecular flexibility index (Phi) is 4.51. The quantitative estimate of drug-likeness (QED) is 0.853. The molecule has 0 spiro atoms. The molecule has 2 heterocycles. The minimum absolute atomic E-state index is 0.0453. The minimum Gasteiger partial charge on any atom is -0.377 e. The summed E-state index contributed by atoms with van der Waals surface area (Å²) in [5, 5.41) is 3.05. The fourth-order valence-electron chi connectivity index (χ4n) is 3.14. The van der Waals surface area contributed by atoms with Gasteiger partial charge in [-0.3, -0.25) is 4.79 Å². The van der Waals surface area contributed by atoms with Crippen LogP contribution in [0.5, 0.6) is 0 Å². The van der Waals surface area contributed by atoms with E-state index in [0.29, 0.717) is 12.5 Å². The number of rotatable bonds is 3. The maximum Gasteiger partial charge on any atom is 0.249 e. The van der Waals surface area contributed by atoms with Gasteiger partial charge >= 0.3 is 0 Å². The Morgan fingerprint density at radius 3 is 2.58 bits per heavy atom. The van der Waals surface area contributed by atoms with Crippen molar-refractivity contribution in [3.05, 3.63) is 0 Å². The average Bonchev–Trinajstić information content (AvgIpc) is 2.93. The summed E-state index contributed by atoms with van der Waals surface area (Å²) in [7, 11) is 0. The summed E-state index contributed by atoms with van der Waals surface area (Å²) in [6.45, 7) is 10.1. The highest BCUT2D eigenvalue weighted by Crippen LogP contribution is 2.34. The molecule has 4 atom stereocenters. The van der Waals surface area contributed by atoms with E-state index in [1.54, 1.807) is 0 Å². The highest BCUT2D eigenvalue weighted by atomic mass is 16.5. The van der Waals surface area contributed by atoms with E-state index in [0.717, 1.165) is 25.9 Å². The van der Waals surface area contributed by atoms with Crippen molar-refractivity contribution >= 4 is 5.91 Å². The van der Waals surface area contributed by atoms with Gasteiger partial charge in [-0.1, -0.05) is 20.8 Å². The van der Waals surface area contributed by atoms with E-state index in [-0.39, 0.29) is 29.6 Å². The van der Waals surface area contributed by atoms with Crippen molar-refractivity contribution in [2.45, 2.75) is 65.3 Å². The molecule has 0 aromatic rings. The summed E-state index contributed by atoms with van der Waals surface area (Å²) in [5.41, 5.74) is 0.129. The van der Waals surface area contributed by atoms with Crippen LogP contribution < -0.4 is 5.32 Å². The second-order valence-electron chi connectivity index (χ2n) is 6.96. The van der Waals surface area contributed by atoms with Gasteiger partial charge in [0.1, 0.15) is 6.10 Å². The molecule has 2 aliphatic heterocycles. The van der Waals surface area contributed by atoms with Crippen molar-refractivity contribution in [2.24, 2.45) is 11.3 Å². The smallest absolute Gasteiger partial charge is 0.249 e. The van der Waals surface area contributed by atoms with Crippen molar-refractivity contribution in [3.63, 3.8) is 0 Å². The lowest BCUT2D eigenvalue weighted by Crippen LogP contribution is -2.42. The van der Waals surface area contributed by atoms with E-state index >= 15 is 0 Å². The zero-order valence-electron chi connectivity index (χ0n) is 12.6. The lowest BCUT2D eigenvalue weighted by atomic mass is 9.81. The molecule has 0 aromatic heterocycles. The molecular formula is C15H27NO3. The van der Waals surface area contributed by atoms with Crippen LogP contribution in [-0.2, 0) is 14.3 Å². The molecule has 2 aliphatic rings. The normalized spacial score (nSPS) is 35.6. The van der Waals surface area contributed by atoms with Crippen LogP contribution in [0.4, 0.5) is 0 Å². The summed E-state index contributed by atoms with van der Waals surface area (Å²) >= 11 is 0. The van der Waals surface area contributed by atoms with Gasteiger partial charge in [-0.15, -0.1) is 0 Å². The fourth-order valence-corrected chi connectivity index (χ4v) is 3.14. The Morgan fingerprint density at radius 2 is 2.00 bits per heavy atom. The Bertz CT molecular complexity index is 324. The zero-order chi connectivity index (χ0) is 14.0. The Balaban J connectivity index is 1.80. The van der Waals surface area contributed by atoms with E-state index in [4.69, 9.17) is 9.47 Å². The fraction of sp³-hybridized carbons (Fsp3) is 0.933. The molecule has 110 valence electrons. The maximum atomic E-state index is 12.0. The third-order valence-corrected chi connectivity index (χ3v) is 4.13.